The van der Waals surface area contributed by atoms with Crippen molar-refractivity contribution < 1.29 is 23.9 Å². The van der Waals surface area contributed by atoms with Crippen molar-refractivity contribution in [3.05, 3.63) is 66.9 Å². The van der Waals surface area contributed by atoms with E-state index in [-0.39, 0.29) is 11.5 Å². The number of esters is 1. The van der Waals surface area contributed by atoms with Gasteiger partial charge >= 0.3 is 5.97 Å². The van der Waals surface area contributed by atoms with Crippen LogP contribution >= 0.6 is 50.9 Å². The second-order valence-corrected chi connectivity index (χ2v) is 9.19. The van der Waals surface area contributed by atoms with E-state index in [9.17, 15) is 14.4 Å². The lowest BCUT2D eigenvalue weighted by molar-refractivity contribution is -0.148. The summed E-state index contributed by atoms with van der Waals surface area (Å²) in [5, 5.41) is 0.335. The van der Waals surface area contributed by atoms with Gasteiger partial charge in [-0.1, -0.05) is 45.2 Å². The number of ether oxygens (including phenoxy) is 2. The van der Waals surface area contributed by atoms with Crippen LogP contribution in [-0.2, 0) is 20.9 Å². The highest BCUT2D eigenvalue weighted by Crippen LogP contribution is 2.36. The second-order valence-electron chi connectivity index (χ2n) is 6.47. The largest absolute Gasteiger partial charge is 0.488 e. The summed E-state index contributed by atoms with van der Waals surface area (Å²) in [7, 11) is 1.20. The number of hydrogen-bond acceptors (Lipinski definition) is 6. The summed E-state index contributed by atoms with van der Waals surface area (Å²) in [5.41, 5.74) is 1.40. The van der Waals surface area contributed by atoms with E-state index in [1.807, 2.05) is 0 Å². The number of thioether (sulfide) groups is 1. The van der Waals surface area contributed by atoms with Crippen LogP contribution in [0.2, 0.25) is 10.0 Å². The molecule has 1 heterocycles. The Balaban J connectivity index is 1.85. The molecule has 0 spiro atoms. The number of rotatable bonds is 6. The minimum atomic E-state index is -1.02. The molecular formula is C21H16BrCl2NO5S. The van der Waals surface area contributed by atoms with E-state index in [2.05, 4.69) is 20.7 Å². The van der Waals surface area contributed by atoms with E-state index >= 15 is 0 Å². The van der Waals surface area contributed by atoms with Crippen molar-refractivity contribution in [2.75, 3.05) is 7.11 Å². The molecule has 1 fully saturated rings. The first-order chi connectivity index (χ1) is 14.7. The van der Waals surface area contributed by atoms with Gasteiger partial charge in [0.05, 0.1) is 22.1 Å². The zero-order valence-electron chi connectivity index (χ0n) is 16.4. The van der Waals surface area contributed by atoms with Crippen LogP contribution in [0.25, 0.3) is 6.08 Å². The van der Waals surface area contributed by atoms with E-state index in [0.29, 0.717) is 21.4 Å². The predicted octanol–water partition coefficient (Wildman–Crippen LogP) is 5.93. The van der Waals surface area contributed by atoms with Crippen LogP contribution in [0.4, 0.5) is 4.79 Å². The lowest BCUT2D eigenvalue weighted by atomic mass is 10.1. The van der Waals surface area contributed by atoms with E-state index in [1.54, 1.807) is 42.5 Å². The fourth-order valence-corrected chi connectivity index (χ4v) is 4.38. The molecule has 31 heavy (non-hydrogen) atoms. The van der Waals surface area contributed by atoms with Crippen molar-refractivity contribution in [1.82, 2.24) is 4.90 Å². The molecule has 1 aliphatic rings. The molecule has 1 aliphatic heterocycles. The maximum atomic E-state index is 12.8. The molecule has 3 rings (SSSR count). The summed E-state index contributed by atoms with van der Waals surface area (Å²) < 4.78 is 11.3. The first-order valence-corrected chi connectivity index (χ1v) is 11.3. The van der Waals surface area contributed by atoms with Gasteiger partial charge in [0, 0.05) is 10.0 Å². The lowest BCUT2D eigenvalue weighted by Gasteiger charge is -2.18. The van der Waals surface area contributed by atoms with Crippen molar-refractivity contribution in [3.63, 3.8) is 0 Å². The average Bonchev–Trinajstić information content (AvgIpc) is 3.01. The Morgan fingerprint density at radius 3 is 2.61 bits per heavy atom. The first-order valence-electron chi connectivity index (χ1n) is 8.92. The third kappa shape index (κ3) is 5.44. The summed E-state index contributed by atoms with van der Waals surface area (Å²) in [6.45, 7) is 1.66. The number of carbonyl (C=O) groups excluding carboxylic acids is 3. The maximum Gasteiger partial charge on any atom is 0.328 e. The van der Waals surface area contributed by atoms with Gasteiger partial charge in [0.15, 0.2) is 0 Å². The van der Waals surface area contributed by atoms with Crippen LogP contribution in [0, 0.1) is 0 Å². The molecular weight excluding hydrogens is 529 g/mol. The molecule has 1 atom stereocenters. The number of hydrogen-bond donors (Lipinski definition) is 0. The number of imide groups is 1. The number of amides is 2. The molecule has 0 N–H and O–H groups in total. The molecule has 10 heteroatoms. The number of halogens is 3. The Morgan fingerprint density at radius 2 is 1.94 bits per heavy atom. The van der Waals surface area contributed by atoms with Gasteiger partial charge in [0.25, 0.3) is 11.1 Å². The summed E-state index contributed by atoms with van der Waals surface area (Å²) in [4.78, 5) is 37.9. The molecule has 2 aromatic rings. The lowest BCUT2D eigenvalue weighted by Crippen LogP contribution is -2.42. The molecule has 2 amide bonds. The topological polar surface area (TPSA) is 72.9 Å². The van der Waals surface area contributed by atoms with Crippen LogP contribution in [0.15, 0.2) is 45.8 Å². The minimum Gasteiger partial charge on any atom is -0.488 e. The standard InChI is InChI=1S/C21H16BrCl2NO5S/c1-11(20(27)29-2)25-19(26)18(31-21(25)28)9-13-8-14(22)4-6-17(13)30-10-12-3-5-15(23)16(24)7-12/h3-9,11H,10H2,1-2H3/b18-9+/t11-/m1/s1. The van der Waals surface area contributed by atoms with E-state index in [0.717, 1.165) is 26.7 Å². The number of carbonyl (C=O) groups is 3. The fourth-order valence-electron chi connectivity index (χ4n) is 2.78. The molecule has 0 unspecified atom stereocenters. The van der Waals surface area contributed by atoms with E-state index in [4.69, 9.17) is 27.9 Å². The Kier molecular flexibility index (Phi) is 7.69. The second kappa shape index (κ2) is 10.1. The van der Waals surface area contributed by atoms with Gasteiger partial charge in [0.2, 0.25) is 0 Å². The van der Waals surface area contributed by atoms with E-state index in [1.165, 1.54) is 14.0 Å². The smallest absolute Gasteiger partial charge is 0.328 e. The van der Waals surface area contributed by atoms with E-state index < -0.39 is 23.2 Å². The zero-order chi connectivity index (χ0) is 22.7. The van der Waals surface area contributed by atoms with Crippen LogP contribution < -0.4 is 4.74 Å². The van der Waals surface area contributed by atoms with Gasteiger partial charge in [-0.2, -0.15) is 0 Å². The average molecular weight is 545 g/mol. The van der Waals surface area contributed by atoms with Gasteiger partial charge < -0.3 is 9.47 Å². The van der Waals surface area contributed by atoms with Crippen molar-refractivity contribution >= 4 is 74.1 Å². The fraction of sp³-hybridized carbons (Fsp3) is 0.190. The third-order valence-corrected chi connectivity index (χ3v) is 6.51. The van der Waals surface area contributed by atoms with Gasteiger partial charge in [-0.3, -0.25) is 14.5 Å². The summed E-state index contributed by atoms with van der Waals surface area (Å²) in [6, 6.07) is 9.48. The maximum absolute atomic E-state index is 12.8. The number of methoxy groups -OCH3 is 1. The monoisotopic (exact) mass is 543 g/mol. The SMILES string of the molecule is COC(=O)[C@@H](C)N1C(=O)S/C(=C/c2cc(Br)ccc2OCc2ccc(Cl)c(Cl)c2)C1=O. The highest BCUT2D eigenvalue weighted by Gasteiger charge is 2.41. The molecule has 0 saturated carbocycles. The highest BCUT2D eigenvalue weighted by molar-refractivity contribution is 9.10. The Bertz CT molecular complexity index is 1090. The molecule has 0 aromatic heterocycles. The third-order valence-electron chi connectivity index (χ3n) is 4.39. The number of nitrogens with zero attached hydrogens (tertiary/aromatic N) is 1. The first kappa shape index (κ1) is 23.7. The Hall–Kier alpha value is -2.00. The zero-order valence-corrected chi connectivity index (χ0v) is 20.3. The number of benzene rings is 2. The molecule has 0 bridgehead atoms. The van der Waals surface area contributed by atoms with Crippen molar-refractivity contribution in [2.45, 2.75) is 19.6 Å². The highest BCUT2D eigenvalue weighted by atomic mass is 79.9. The van der Waals surface area contributed by atoms with Crippen LogP contribution in [0.5, 0.6) is 5.75 Å². The quantitative estimate of drug-likeness (QED) is 0.331. The molecule has 162 valence electrons. The minimum absolute atomic E-state index is 0.179. The summed E-state index contributed by atoms with van der Waals surface area (Å²) in [6.07, 6.45) is 1.56. The summed E-state index contributed by atoms with van der Waals surface area (Å²) in [5.74, 6) is -0.734. The van der Waals surface area contributed by atoms with Crippen molar-refractivity contribution in [2.24, 2.45) is 0 Å². The predicted molar refractivity (Wildman–Crippen MR) is 124 cm³/mol. The normalized spacial score (nSPS) is 16.0. The Morgan fingerprint density at radius 1 is 1.19 bits per heavy atom. The van der Waals surface area contributed by atoms with Crippen molar-refractivity contribution in [1.29, 1.82) is 0 Å². The summed E-state index contributed by atoms with van der Waals surface area (Å²) >= 11 is 16.1. The van der Waals surface area contributed by atoms with Gasteiger partial charge in [-0.05, 0) is 60.7 Å². The van der Waals surface area contributed by atoms with Crippen LogP contribution in [0.3, 0.4) is 0 Å². The molecule has 6 nitrogen and oxygen atoms in total. The van der Waals surface area contributed by atoms with Gasteiger partial charge in [0.1, 0.15) is 18.4 Å². The van der Waals surface area contributed by atoms with Gasteiger partial charge in [-0.25, -0.2) is 4.79 Å². The van der Waals surface area contributed by atoms with Gasteiger partial charge in [-0.15, -0.1) is 0 Å². The molecule has 1 saturated heterocycles. The molecule has 0 radical (unpaired) electrons. The van der Waals surface area contributed by atoms with Crippen molar-refractivity contribution in [3.8, 4) is 5.75 Å². The Labute approximate surface area is 201 Å². The molecule has 0 aliphatic carbocycles. The van der Waals surface area contributed by atoms with Crippen LogP contribution in [0.1, 0.15) is 18.1 Å². The van der Waals surface area contributed by atoms with Crippen LogP contribution in [-0.4, -0.2) is 35.2 Å². The molecule has 2 aromatic carbocycles.